The number of likely N-dealkylation sites (tertiary alicyclic amines) is 1. The van der Waals surface area contributed by atoms with Crippen LogP contribution >= 0.6 is 0 Å². The molecule has 1 heterocycles. The number of rotatable bonds is 3. The second-order valence-electron chi connectivity index (χ2n) is 6.76. The molecule has 0 bridgehead atoms. The Kier molecular flexibility index (Phi) is 4.91. The molecule has 0 aromatic carbocycles. The topological polar surface area (TPSA) is 27.0 Å². The fourth-order valence-electron chi connectivity index (χ4n) is 4.16. The third kappa shape index (κ3) is 2.92. The molecule has 0 N–H and O–H groups in total. The minimum atomic E-state index is 0.290. The lowest BCUT2D eigenvalue weighted by Crippen LogP contribution is -2.41. The molecule has 1 saturated carbocycles. The molecule has 2 aliphatic rings. The van der Waals surface area contributed by atoms with E-state index in [4.69, 9.17) is 0 Å². The SMILES string of the molecule is C=C(C#N)C1C(C)CCC(C)C1C(=C)N1CCCCC1. The minimum absolute atomic E-state index is 0.290. The van der Waals surface area contributed by atoms with Crippen molar-refractivity contribution in [1.82, 2.24) is 4.90 Å². The lowest BCUT2D eigenvalue weighted by Gasteiger charge is -2.45. The van der Waals surface area contributed by atoms with E-state index in [9.17, 15) is 5.26 Å². The Morgan fingerprint density at radius 3 is 2.10 bits per heavy atom. The summed E-state index contributed by atoms with van der Waals surface area (Å²) in [7, 11) is 0. The van der Waals surface area contributed by atoms with Crippen molar-refractivity contribution in [3.63, 3.8) is 0 Å². The number of hydrogen-bond donors (Lipinski definition) is 0. The van der Waals surface area contributed by atoms with Gasteiger partial charge >= 0.3 is 0 Å². The summed E-state index contributed by atoms with van der Waals surface area (Å²) in [6.07, 6.45) is 6.35. The van der Waals surface area contributed by atoms with Crippen LogP contribution in [0, 0.1) is 35.0 Å². The Labute approximate surface area is 124 Å². The molecule has 2 heteroatoms. The molecule has 4 atom stereocenters. The zero-order chi connectivity index (χ0) is 14.7. The molecule has 0 aromatic rings. The van der Waals surface area contributed by atoms with Crippen LogP contribution in [-0.4, -0.2) is 18.0 Å². The maximum Gasteiger partial charge on any atom is 0.0944 e. The predicted molar refractivity (Wildman–Crippen MR) is 83.9 cm³/mol. The van der Waals surface area contributed by atoms with Gasteiger partial charge < -0.3 is 4.90 Å². The van der Waals surface area contributed by atoms with Crippen LogP contribution in [0.2, 0.25) is 0 Å². The van der Waals surface area contributed by atoms with Gasteiger partial charge in [0.25, 0.3) is 0 Å². The molecule has 0 radical (unpaired) electrons. The average Bonchev–Trinajstić information content (AvgIpc) is 2.48. The Hall–Kier alpha value is -1.23. The van der Waals surface area contributed by atoms with Gasteiger partial charge in [-0.15, -0.1) is 0 Å². The van der Waals surface area contributed by atoms with Gasteiger partial charge in [-0.1, -0.05) is 27.0 Å². The van der Waals surface area contributed by atoms with Gasteiger partial charge in [0.05, 0.1) is 6.07 Å². The largest absolute Gasteiger partial charge is 0.375 e. The Morgan fingerprint density at radius 1 is 1.00 bits per heavy atom. The van der Waals surface area contributed by atoms with E-state index in [1.807, 2.05) is 0 Å². The molecule has 0 amide bonds. The third-order valence-electron chi connectivity index (χ3n) is 5.38. The highest BCUT2D eigenvalue weighted by atomic mass is 15.1. The van der Waals surface area contributed by atoms with Crippen molar-refractivity contribution >= 4 is 0 Å². The van der Waals surface area contributed by atoms with Crippen LogP contribution in [-0.2, 0) is 0 Å². The Morgan fingerprint density at radius 2 is 1.55 bits per heavy atom. The van der Waals surface area contributed by atoms with Crippen molar-refractivity contribution < 1.29 is 0 Å². The van der Waals surface area contributed by atoms with E-state index in [2.05, 4.69) is 38.0 Å². The molecule has 0 aromatic heterocycles. The van der Waals surface area contributed by atoms with Crippen LogP contribution in [0.4, 0.5) is 0 Å². The number of piperidine rings is 1. The van der Waals surface area contributed by atoms with Crippen LogP contribution in [0.3, 0.4) is 0 Å². The van der Waals surface area contributed by atoms with E-state index < -0.39 is 0 Å². The molecule has 1 aliphatic heterocycles. The molecule has 4 unspecified atom stereocenters. The maximum atomic E-state index is 9.31. The molecule has 2 rings (SSSR count). The van der Waals surface area contributed by atoms with Crippen molar-refractivity contribution in [3.8, 4) is 6.07 Å². The van der Waals surface area contributed by atoms with Gasteiger partial charge in [0.1, 0.15) is 0 Å². The van der Waals surface area contributed by atoms with Crippen molar-refractivity contribution in [3.05, 3.63) is 24.4 Å². The average molecular weight is 272 g/mol. The van der Waals surface area contributed by atoms with Crippen LogP contribution in [0.15, 0.2) is 24.4 Å². The van der Waals surface area contributed by atoms with Gasteiger partial charge in [-0.2, -0.15) is 5.26 Å². The predicted octanol–water partition coefficient (Wildman–Crippen LogP) is 4.36. The highest BCUT2D eigenvalue weighted by molar-refractivity contribution is 5.26. The van der Waals surface area contributed by atoms with Gasteiger partial charge in [0, 0.05) is 36.2 Å². The van der Waals surface area contributed by atoms with E-state index in [1.165, 1.54) is 37.8 Å². The molecular formula is C18H28N2. The number of hydrogen-bond acceptors (Lipinski definition) is 2. The summed E-state index contributed by atoms with van der Waals surface area (Å²) in [6, 6.07) is 2.32. The molecule has 2 fully saturated rings. The van der Waals surface area contributed by atoms with Gasteiger partial charge in [0.2, 0.25) is 0 Å². The van der Waals surface area contributed by atoms with E-state index >= 15 is 0 Å². The van der Waals surface area contributed by atoms with E-state index in [0.717, 1.165) is 18.7 Å². The molecule has 0 spiro atoms. The third-order valence-corrected chi connectivity index (χ3v) is 5.38. The Balaban J connectivity index is 2.21. The first-order chi connectivity index (χ1) is 9.56. The standard InChI is InChI=1S/C18H28N2/c1-13-8-9-14(2)18(17(13)15(3)12-19)16(4)20-10-6-5-7-11-20/h13-14,17-18H,3-11H2,1-2H3. The zero-order valence-corrected chi connectivity index (χ0v) is 13.1. The number of allylic oxidation sites excluding steroid dienone is 2. The summed E-state index contributed by atoms with van der Waals surface area (Å²) in [5.41, 5.74) is 2.03. The van der Waals surface area contributed by atoms with Gasteiger partial charge in [-0.25, -0.2) is 0 Å². The molecule has 1 aliphatic carbocycles. The van der Waals surface area contributed by atoms with E-state index in [1.54, 1.807) is 0 Å². The molecule has 110 valence electrons. The van der Waals surface area contributed by atoms with Gasteiger partial charge in [-0.3, -0.25) is 0 Å². The molecule has 1 saturated heterocycles. The van der Waals surface area contributed by atoms with Crippen LogP contribution in [0.25, 0.3) is 0 Å². The summed E-state index contributed by atoms with van der Waals surface area (Å²) in [5, 5.41) is 9.31. The monoisotopic (exact) mass is 272 g/mol. The summed E-state index contributed by atoms with van der Waals surface area (Å²) in [5.74, 6) is 1.85. The second kappa shape index (κ2) is 6.48. The van der Waals surface area contributed by atoms with Crippen LogP contribution in [0.5, 0.6) is 0 Å². The van der Waals surface area contributed by atoms with Crippen molar-refractivity contribution in [1.29, 1.82) is 5.26 Å². The van der Waals surface area contributed by atoms with Crippen molar-refractivity contribution in [2.45, 2.75) is 46.0 Å². The first-order valence-corrected chi connectivity index (χ1v) is 8.09. The zero-order valence-electron chi connectivity index (χ0n) is 13.1. The first-order valence-electron chi connectivity index (χ1n) is 8.09. The summed E-state index contributed by atoms with van der Waals surface area (Å²) in [4.78, 5) is 2.47. The molecule has 2 nitrogen and oxygen atoms in total. The number of nitriles is 1. The summed E-state index contributed by atoms with van der Waals surface area (Å²) < 4.78 is 0. The highest BCUT2D eigenvalue weighted by Gasteiger charge is 2.40. The first kappa shape index (κ1) is 15.2. The highest BCUT2D eigenvalue weighted by Crippen LogP contribution is 2.46. The minimum Gasteiger partial charge on any atom is -0.375 e. The lowest BCUT2D eigenvalue weighted by atomic mass is 9.64. The van der Waals surface area contributed by atoms with Gasteiger partial charge in [0.15, 0.2) is 0 Å². The summed E-state index contributed by atoms with van der Waals surface area (Å²) >= 11 is 0. The quantitative estimate of drug-likeness (QED) is 0.714. The maximum absolute atomic E-state index is 9.31. The van der Waals surface area contributed by atoms with Crippen molar-refractivity contribution in [2.24, 2.45) is 23.7 Å². The molecular weight excluding hydrogens is 244 g/mol. The van der Waals surface area contributed by atoms with Crippen LogP contribution in [0.1, 0.15) is 46.0 Å². The van der Waals surface area contributed by atoms with Crippen molar-refractivity contribution in [2.75, 3.05) is 13.1 Å². The fraction of sp³-hybridized carbons (Fsp3) is 0.722. The lowest BCUT2D eigenvalue weighted by molar-refractivity contribution is 0.126. The van der Waals surface area contributed by atoms with Crippen LogP contribution < -0.4 is 0 Å². The molecule has 20 heavy (non-hydrogen) atoms. The summed E-state index contributed by atoms with van der Waals surface area (Å²) in [6.45, 7) is 15.3. The number of nitrogens with zero attached hydrogens (tertiary/aromatic N) is 2. The second-order valence-corrected chi connectivity index (χ2v) is 6.76. The fourth-order valence-corrected chi connectivity index (χ4v) is 4.16. The Bertz CT molecular complexity index is 412. The normalized spacial score (nSPS) is 34.4. The smallest absolute Gasteiger partial charge is 0.0944 e. The van der Waals surface area contributed by atoms with E-state index in [0.29, 0.717) is 17.8 Å². The van der Waals surface area contributed by atoms with Gasteiger partial charge in [-0.05, 0) is 43.9 Å². The van der Waals surface area contributed by atoms with E-state index in [-0.39, 0.29) is 5.92 Å².